The van der Waals surface area contributed by atoms with Gasteiger partial charge in [0, 0.05) is 36.3 Å². The van der Waals surface area contributed by atoms with Crippen LogP contribution >= 0.6 is 0 Å². The van der Waals surface area contributed by atoms with Gasteiger partial charge in [-0.1, -0.05) is 6.92 Å². The normalized spacial score (nSPS) is 12.2. The summed E-state index contributed by atoms with van der Waals surface area (Å²) < 4.78 is 26.5. The minimum atomic E-state index is -2.66. The van der Waals surface area contributed by atoms with E-state index in [-0.39, 0.29) is 24.5 Å². The molecule has 1 heterocycles. The topological polar surface area (TPSA) is 79.2 Å². The van der Waals surface area contributed by atoms with E-state index < -0.39 is 6.55 Å². The van der Waals surface area contributed by atoms with Crippen molar-refractivity contribution < 1.29 is 18.7 Å². The summed E-state index contributed by atoms with van der Waals surface area (Å²) in [4.78, 5) is 15.8. The number of halogens is 2. The van der Waals surface area contributed by atoms with Crippen LogP contribution in [0.4, 0.5) is 19.3 Å². The molecule has 24 heavy (non-hydrogen) atoms. The zero-order valence-electron chi connectivity index (χ0n) is 13.2. The summed E-state index contributed by atoms with van der Waals surface area (Å²) in [6, 6.07) is 5.98. The SMILES string of the molecule is CCC(CCO)NC(=O)Nc1ccc(-c2nccn2C(F)F)cc1. The molecule has 2 aromatic rings. The van der Waals surface area contributed by atoms with E-state index in [4.69, 9.17) is 5.11 Å². The highest BCUT2D eigenvalue weighted by atomic mass is 19.3. The molecule has 1 aromatic carbocycles. The van der Waals surface area contributed by atoms with Gasteiger partial charge in [-0.3, -0.25) is 4.57 Å². The maximum Gasteiger partial charge on any atom is 0.320 e. The summed E-state index contributed by atoms with van der Waals surface area (Å²) in [5.74, 6) is 0.162. The molecule has 0 fully saturated rings. The number of amides is 2. The quantitative estimate of drug-likeness (QED) is 0.725. The highest BCUT2D eigenvalue weighted by Crippen LogP contribution is 2.24. The van der Waals surface area contributed by atoms with Gasteiger partial charge in [-0.25, -0.2) is 9.78 Å². The molecule has 3 N–H and O–H groups in total. The van der Waals surface area contributed by atoms with Crippen LogP contribution in [-0.4, -0.2) is 33.3 Å². The van der Waals surface area contributed by atoms with Gasteiger partial charge in [-0.05, 0) is 37.1 Å². The van der Waals surface area contributed by atoms with Crippen molar-refractivity contribution in [3.8, 4) is 11.4 Å². The summed E-state index contributed by atoms with van der Waals surface area (Å²) in [7, 11) is 0. The van der Waals surface area contributed by atoms with Gasteiger partial charge in [0.25, 0.3) is 0 Å². The highest BCUT2D eigenvalue weighted by Gasteiger charge is 2.13. The maximum absolute atomic E-state index is 12.9. The van der Waals surface area contributed by atoms with Gasteiger partial charge in [-0.2, -0.15) is 8.78 Å². The van der Waals surface area contributed by atoms with Crippen LogP contribution in [0.3, 0.4) is 0 Å². The Labute approximate surface area is 138 Å². The molecular weight excluding hydrogens is 318 g/mol. The smallest absolute Gasteiger partial charge is 0.320 e. The third-order valence-electron chi connectivity index (χ3n) is 3.59. The number of nitrogens with one attached hydrogen (secondary N) is 2. The third-order valence-corrected chi connectivity index (χ3v) is 3.59. The number of alkyl halides is 2. The Bertz CT molecular complexity index is 658. The van der Waals surface area contributed by atoms with Crippen molar-refractivity contribution >= 4 is 11.7 Å². The lowest BCUT2D eigenvalue weighted by Gasteiger charge is -2.16. The summed E-state index contributed by atoms with van der Waals surface area (Å²) in [6.07, 6.45) is 3.72. The number of anilines is 1. The molecular formula is C16H20F2N4O2. The fourth-order valence-corrected chi connectivity index (χ4v) is 2.28. The first-order chi connectivity index (χ1) is 11.5. The average Bonchev–Trinajstić information content (AvgIpc) is 3.05. The number of benzene rings is 1. The summed E-state index contributed by atoms with van der Waals surface area (Å²) >= 11 is 0. The number of urea groups is 1. The Morgan fingerprint density at radius 1 is 1.33 bits per heavy atom. The molecule has 0 aliphatic rings. The van der Waals surface area contributed by atoms with E-state index in [0.717, 1.165) is 4.57 Å². The van der Waals surface area contributed by atoms with Crippen molar-refractivity contribution in [2.24, 2.45) is 0 Å². The molecule has 0 radical (unpaired) electrons. The van der Waals surface area contributed by atoms with Gasteiger partial charge in [-0.15, -0.1) is 0 Å². The number of carbonyl (C=O) groups excluding carboxylic acids is 1. The predicted molar refractivity (Wildman–Crippen MR) is 86.9 cm³/mol. The lowest BCUT2D eigenvalue weighted by atomic mass is 10.1. The number of imidazole rings is 1. The van der Waals surface area contributed by atoms with Crippen molar-refractivity contribution in [1.82, 2.24) is 14.9 Å². The van der Waals surface area contributed by atoms with E-state index >= 15 is 0 Å². The Kier molecular flexibility index (Phi) is 6.25. The number of nitrogens with zero attached hydrogens (tertiary/aromatic N) is 2. The van der Waals surface area contributed by atoms with Crippen LogP contribution in [0.25, 0.3) is 11.4 Å². The van der Waals surface area contributed by atoms with Crippen LogP contribution in [0.1, 0.15) is 26.3 Å². The first-order valence-electron chi connectivity index (χ1n) is 7.65. The number of aromatic nitrogens is 2. The third kappa shape index (κ3) is 4.51. The monoisotopic (exact) mass is 338 g/mol. The van der Waals surface area contributed by atoms with Crippen LogP contribution in [0.5, 0.6) is 0 Å². The fourth-order valence-electron chi connectivity index (χ4n) is 2.28. The van der Waals surface area contributed by atoms with Gasteiger partial charge >= 0.3 is 12.6 Å². The van der Waals surface area contributed by atoms with Crippen LogP contribution in [0, 0.1) is 0 Å². The number of rotatable bonds is 7. The molecule has 0 bridgehead atoms. The molecule has 0 aliphatic heterocycles. The molecule has 0 spiro atoms. The average molecular weight is 338 g/mol. The standard InChI is InChI=1S/C16H20F2N4O2/c1-2-12(7-10-23)20-16(24)21-13-5-3-11(4-6-13)14-19-8-9-22(14)15(17)18/h3-6,8-9,12,15,23H,2,7,10H2,1H3,(H2,20,21,24). The zero-order chi connectivity index (χ0) is 17.5. The Morgan fingerprint density at radius 3 is 2.62 bits per heavy atom. The molecule has 6 nitrogen and oxygen atoms in total. The van der Waals surface area contributed by atoms with E-state index in [1.54, 1.807) is 24.3 Å². The van der Waals surface area contributed by atoms with Crippen LogP contribution in [-0.2, 0) is 0 Å². The second-order valence-corrected chi connectivity index (χ2v) is 5.23. The molecule has 2 rings (SSSR count). The van der Waals surface area contributed by atoms with Gasteiger partial charge in [0.2, 0.25) is 0 Å². The van der Waals surface area contributed by atoms with Gasteiger partial charge in [0.05, 0.1) is 0 Å². The highest BCUT2D eigenvalue weighted by molar-refractivity contribution is 5.89. The zero-order valence-corrected chi connectivity index (χ0v) is 13.2. The van der Waals surface area contributed by atoms with Crippen molar-refractivity contribution in [1.29, 1.82) is 0 Å². The van der Waals surface area contributed by atoms with Gasteiger partial charge in [0.1, 0.15) is 5.82 Å². The minimum Gasteiger partial charge on any atom is -0.396 e. The van der Waals surface area contributed by atoms with E-state index in [2.05, 4.69) is 15.6 Å². The number of carbonyl (C=O) groups is 1. The van der Waals surface area contributed by atoms with Crippen LogP contribution in [0.2, 0.25) is 0 Å². The molecule has 1 unspecified atom stereocenters. The molecule has 2 amide bonds. The second kappa shape index (κ2) is 8.39. The first kappa shape index (κ1) is 17.9. The van der Waals surface area contributed by atoms with E-state index in [9.17, 15) is 13.6 Å². The second-order valence-electron chi connectivity index (χ2n) is 5.23. The minimum absolute atomic E-state index is 0.00423. The van der Waals surface area contributed by atoms with Crippen molar-refractivity contribution in [3.05, 3.63) is 36.7 Å². The first-order valence-corrected chi connectivity index (χ1v) is 7.65. The largest absolute Gasteiger partial charge is 0.396 e. The molecule has 8 heteroatoms. The summed E-state index contributed by atoms with van der Waals surface area (Å²) in [5.41, 5.74) is 1.06. The fraction of sp³-hybridized carbons (Fsp3) is 0.375. The van der Waals surface area contributed by atoms with Gasteiger partial charge in [0.15, 0.2) is 0 Å². The summed E-state index contributed by atoms with van der Waals surface area (Å²) in [5, 5.41) is 14.3. The predicted octanol–water partition coefficient (Wildman–Crippen LogP) is 3.23. The lowest BCUT2D eigenvalue weighted by molar-refractivity contribution is 0.0720. The maximum atomic E-state index is 12.9. The van der Waals surface area contributed by atoms with Crippen LogP contribution < -0.4 is 10.6 Å². The molecule has 0 aliphatic carbocycles. The number of aliphatic hydroxyl groups is 1. The number of hydrogen-bond donors (Lipinski definition) is 3. The molecule has 1 atom stereocenters. The van der Waals surface area contributed by atoms with Crippen LogP contribution in [0.15, 0.2) is 36.7 Å². The van der Waals surface area contributed by atoms with E-state index in [1.165, 1.54) is 12.4 Å². The molecule has 1 aromatic heterocycles. The Hall–Kier alpha value is -2.48. The number of hydrogen-bond acceptors (Lipinski definition) is 3. The van der Waals surface area contributed by atoms with E-state index in [0.29, 0.717) is 24.1 Å². The number of aliphatic hydroxyl groups excluding tert-OH is 1. The molecule has 0 saturated heterocycles. The molecule has 130 valence electrons. The van der Waals surface area contributed by atoms with E-state index in [1.807, 2.05) is 6.92 Å². The lowest BCUT2D eigenvalue weighted by Crippen LogP contribution is -2.38. The summed E-state index contributed by atoms with van der Waals surface area (Å²) in [6.45, 7) is -0.742. The van der Waals surface area contributed by atoms with Gasteiger partial charge < -0.3 is 15.7 Å². The Morgan fingerprint density at radius 2 is 2.04 bits per heavy atom. The van der Waals surface area contributed by atoms with Crippen molar-refractivity contribution in [2.45, 2.75) is 32.4 Å². The Balaban J connectivity index is 2.02. The van der Waals surface area contributed by atoms with Crippen molar-refractivity contribution in [2.75, 3.05) is 11.9 Å². The molecule has 0 saturated carbocycles. The van der Waals surface area contributed by atoms with Crippen molar-refractivity contribution in [3.63, 3.8) is 0 Å².